The summed E-state index contributed by atoms with van der Waals surface area (Å²) >= 11 is 1.88. The molecule has 0 spiro atoms. The number of hydrogen-bond donors (Lipinski definition) is 3. The number of carbonyl (C=O) groups is 1. The number of hydrogen-bond acceptors (Lipinski definition) is 3. The molecule has 2 amide bonds. The number of anilines is 1. The van der Waals surface area contributed by atoms with Crippen LogP contribution in [0.2, 0.25) is 0 Å². The lowest BCUT2D eigenvalue weighted by atomic mass is 10.1. The Labute approximate surface area is 112 Å². The second kappa shape index (κ2) is 6.11. The molecule has 2 unspecified atom stereocenters. The van der Waals surface area contributed by atoms with Gasteiger partial charge < -0.3 is 16.4 Å². The van der Waals surface area contributed by atoms with Crippen LogP contribution in [0.4, 0.5) is 10.5 Å². The zero-order valence-electron chi connectivity index (χ0n) is 10.5. The molecular formula is C13H19N3OS. The summed E-state index contributed by atoms with van der Waals surface area (Å²) in [7, 11) is 0. The van der Waals surface area contributed by atoms with Gasteiger partial charge in [-0.15, -0.1) is 0 Å². The van der Waals surface area contributed by atoms with Gasteiger partial charge in [-0.2, -0.15) is 11.8 Å². The lowest BCUT2D eigenvalue weighted by Crippen LogP contribution is -2.37. The number of amides is 2. The first-order valence-corrected chi connectivity index (χ1v) is 7.31. The highest BCUT2D eigenvalue weighted by Crippen LogP contribution is 2.18. The van der Waals surface area contributed by atoms with Gasteiger partial charge in [-0.05, 0) is 36.8 Å². The summed E-state index contributed by atoms with van der Waals surface area (Å²) < 4.78 is 0. The van der Waals surface area contributed by atoms with Gasteiger partial charge in [0, 0.05) is 23.5 Å². The van der Waals surface area contributed by atoms with Crippen LogP contribution in [0.15, 0.2) is 24.3 Å². The van der Waals surface area contributed by atoms with Crippen molar-refractivity contribution in [3.63, 3.8) is 0 Å². The molecular weight excluding hydrogens is 246 g/mol. The van der Waals surface area contributed by atoms with Gasteiger partial charge >= 0.3 is 6.03 Å². The molecule has 1 heterocycles. The molecule has 18 heavy (non-hydrogen) atoms. The van der Waals surface area contributed by atoms with E-state index in [0.29, 0.717) is 6.04 Å². The number of thioether (sulfide) groups is 1. The molecule has 4 N–H and O–H groups in total. The minimum absolute atomic E-state index is 0.0268. The van der Waals surface area contributed by atoms with Gasteiger partial charge in [-0.1, -0.05) is 12.1 Å². The predicted molar refractivity (Wildman–Crippen MR) is 76.9 cm³/mol. The summed E-state index contributed by atoms with van der Waals surface area (Å²) in [4.78, 5) is 11.8. The first-order valence-electron chi connectivity index (χ1n) is 6.16. The molecule has 0 radical (unpaired) electrons. The topological polar surface area (TPSA) is 67.1 Å². The average molecular weight is 265 g/mol. The molecule has 0 bridgehead atoms. The van der Waals surface area contributed by atoms with Crippen LogP contribution in [0.1, 0.15) is 24.9 Å². The Balaban J connectivity index is 1.91. The predicted octanol–water partition coefficient (Wildman–Crippen LogP) is 2.33. The van der Waals surface area contributed by atoms with Gasteiger partial charge in [-0.3, -0.25) is 0 Å². The minimum Gasteiger partial charge on any atom is -0.334 e. The molecule has 1 saturated heterocycles. The highest BCUT2D eigenvalue weighted by Gasteiger charge is 2.17. The van der Waals surface area contributed by atoms with Gasteiger partial charge in [0.1, 0.15) is 0 Å². The third-order valence-electron chi connectivity index (χ3n) is 2.94. The second-order valence-corrected chi connectivity index (χ2v) is 5.72. The summed E-state index contributed by atoms with van der Waals surface area (Å²) in [6, 6.07) is 7.78. The third kappa shape index (κ3) is 3.65. The van der Waals surface area contributed by atoms with E-state index in [-0.39, 0.29) is 12.1 Å². The van der Waals surface area contributed by atoms with Crippen LogP contribution in [0.3, 0.4) is 0 Å². The Bertz CT molecular complexity index is 416. The Morgan fingerprint density at radius 2 is 2.39 bits per heavy atom. The quantitative estimate of drug-likeness (QED) is 0.786. The number of urea groups is 1. The van der Waals surface area contributed by atoms with E-state index >= 15 is 0 Å². The van der Waals surface area contributed by atoms with Gasteiger partial charge in [0.25, 0.3) is 0 Å². The van der Waals surface area contributed by atoms with Crippen LogP contribution in [0.5, 0.6) is 0 Å². The van der Waals surface area contributed by atoms with E-state index in [1.54, 1.807) is 0 Å². The van der Waals surface area contributed by atoms with Crippen molar-refractivity contribution >= 4 is 23.5 Å². The maximum atomic E-state index is 11.8. The maximum absolute atomic E-state index is 11.8. The summed E-state index contributed by atoms with van der Waals surface area (Å²) in [5.41, 5.74) is 7.62. The number of nitrogens with two attached hydrogens (primary N) is 1. The monoisotopic (exact) mass is 265 g/mol. The zero-order valence-corrected chi connectivity index (χ0v) is 11.3. The average Bonchev–Trinajstić information content (AvgIpc) is 2.82. The molecule has 4 nitrogen and oxygen atoms in total. The molecule has 1 aromatic carbocycles. The van der Waals surface area contributed by atoms with Crippen molar-refractivity contribution in [3.05, 3.63) is 29.8 Å². The van der Waals surface area contributed by atoms with Crippen molar-refractivity contribution in [1.29, 1.82) is 0 Å². The summed E-state index contributed by atoms with van der Waals surface area (Å²) in [5, 5.41) is 5.82. The van der Waals surface area contributed by atoms with E-state index in [0.717, 1.165) is 29.2 Å². The van der Waals surface area contributed by atoms with Crippen molar-refractivity contribution in [2.75, 3.05) is 16.8 Å². The van der Waals surface area contributed by atoms with Crippen LogP contribution in [0.25, 0.3) is 0 Å². The Morgan fingerprint density at radius 1 is 1.56 bits per heavy atom. The zero-order chi connectivity index (χ0) is 13.0. The molecule has 2 atom stereocenters. The first kappa shape index (κ1) is 13.2. The van der Waals surface area contributed by atoms with Crippen LogP contribution < -0.4 is 16.4 Å². The Morgan fingerprint density at radius 3 is 3.06 bits per heavy atom. The summed E-state index contributed by atoms with van der Waals surface area (Å²) in [5.74, 6) is 2.14. The fourth-order valence-electron chi connectivity index (χ4n) is 1.90. The molecule has 5 heteroatoms. The van der Waals surface area contributed by atoms with Gasteiger partial charge in [-0.25, -0.2) is 4.79 Å². The SMILES string of the molecule is CC(N)c1cccc(NC(=O)NC2CCSC2)c1. The van der Waals surface area contributed by atoms with Crippen LogP contribution in [0, 0.1) is 0 Å². The maximum Gasteiger partial charge on any atom is 0.319 e. The number of benzene rings is 1. The molecule has 2 rings (SSSR count). The molecule has 0 saturated carbocycles. The lowest BCUT2D eigenvalue weighted by molar-refractivity contribution is 0.249. The standard InChI is InChI=1S/C13H19N3OS/c1-9(14)10-3-2-4-11(7-10)15-13(17)16-12-5-6-18-8-12/h2-4,7,9,12H,5-6,8,14H2,1H3,(H2,15,16,17). The number of carbonyl (C=O) groups excluding carboxylic acids is 1. The van der Waals surface area contributed by atoms with Crippen molar-refractivity contribution in [2.24, 2.45) is 5.73 Å². The van der Waals surface area contributed by atoms with Crippen LogP contribution in [-0.4, -0.2) is 23.6 Å². The molecule has 1 aromatic rings. The fourth-order valence-corrected chi connectivity index (χ4v) is 3.05. The molecule has 0 aromatic heterocycles. The highest BCUT2D eigenvalue weighted by molar-refractivity contribution is 7.99. The highest BCUT2D eigenvalue weighted by atomic mass is 32.2. The van der Waals surface area contributed by atoms with E-state index in [2.05, 4.69) is 10.6 Å². The fraction of sp³-hybridized carbons (Fsp3) is 0.462. The van der Waals surface area contributed by atoms with E-state index in [4.69, 9.17) is 5.73 Å². The van der Waals surface area contributed by atoms with E-state index in [9.17, 15) is 4.79 Å². The summed E-state index contributed by atoms with van der Waals surface area (Å²) in [6.07, 6.45) is 1.05. The van der Waals surface area contributed by atoms with Gasteiger partial charge in [0.2, 0.25) is 0 Å². The Kier molecular flexibility index (Phi) is 4.49. The molecule has 0 aliphatic carbocycles. The van der Waals surface area contributed by atoms with Crippen molar-refractivity contribution in [3.8, 4) is 0 Å². The van der Waals surface area contributed by atoms with Crippen LogP contribution in [-0.2, 0) is 0 Å². The van der Waals surface area contributed by atoms with Crippen molar-refractivity contribution in [1.82, 2.24) is 5.32 Å². The van der Waals surface area contributed by atoms with E-state index in [1.807, 2.05) is 43.0 Å². The van der Waals surface area contributed by atoms with Gasteiger partial charge in [0.05, 0.1) is 0 Å². The van der Waals surface area contributed by atoms with Crippen molar-refractivity contribution in [2.45, 2.75) is 25.4 Å². The normalized spacial score (nSPS) is 20.4. The third-order valence-corrected chi connectivity index (χ3v) is 4.10. The molecule has 98 valence electrons. The minimum atomic E-state index is -0.135. The van der Waals surface area contributed by atoms with E-state index in [1.165, 1.54) is 0 Å². The van der Waals surface area contributed by atoms with Crippen molar-refractivity contribution < 1.29 is 4.79 Å². The van der Waals surface area contributed by atoms with Gasteiger partial charge in [0.15, 0.2) is 0 Å². The molecule has 1 fully saturated rings. The Hall–Kier alpha value is -1.20. The summed E-state index contributed by atoms with van der Waals surface area (Å²) in [6.45, 7) is 1.93. The second-order valence-electron chi connectivity index (χ2n) is 4.57. The largest absolute Gasteiger partial charge is 0.334 e. The molecule has 1 aliphatic rings. The van der Waals surface area contributed by atoms with E-state index < -0.39 is 0 Å². The first-order chi connectivity index (χ1) is 8.65. The number of rotatable bonds is 3. The smallest absolute Gasteiger partial charge is 0.319 e. The lowest BCUT2D eigenvalue weighted by Gasteiger charge is -2.13. The molecule has 1 aliphatic heterocycles. The number of nitrogens with one attached hydrogen (secondary N) is 2. The van der Waals surface area contributed by atoms with Crippen LogP contribution >= 0.6 is 11.8 Å².